The van der Waals surface area contributed by atoms with E-state index in [9.17, 15) is 4.79 Å². The van der Waals surface area contributed by atoms with Gasteiger partial charge in [0.15, 0.2) is 0 Å². The van der Waals surface area contributed by atoms with Gasteiger partial charge in [-0.15, -0.1) is 0 Å². The van der Waals surface area contributed by atoms with E-state index in [-0.39, 0.29) is 5.91 Å². The first-order chi connectivity index (χ1) is 11.7. The minimum Gasteiger partial charge on any atom is -0.372 e. The van der Waals surface area contributed by atoms with E-state index < -0.39 is 0 Å². The number of aryl methyl sites for hydroxylation is 2. The molecule has 1 amide bonds. The second kappa shape index (κ2) is 7.52. The Labute approximate surface area is 144 Å². The molecule has 0 atom stereocenters. The first-order valence-corrected chi connectivity index (χ1v) is 8.99. The third-order valence-corrected chi connectivity index (χ3v) is 4.86. The van der Waals surface area contributed by atoms with Crippen molar-refractivity contribution in [3.63, 3.8) is 0 Å². The Morgan fingerprint density at radius 3 is 2.29 bits per heavy atom. The number of carbonyl (C=O) groups excluding carboxylic acids is 1. The summed E-state index contributed by atoms with van der Waals surface area (Å²) in [4.78, 5) is 14.8. The predicted octanol–water partition coefficient (Wildman–Crippen LogP) is 4.66. The first-order valence-electron chi connectivity index (χ1n) is 8.99. The number of carbonyl (C=O) groups is 1. The van der Waals surface area contributed by atoms with Crippen molar-refractivity contribution >= 4 is 17.3 Å². The zero-order chi connectivity index (χ0) is 16.9. The number of rotatable bonds is 5. The molecular weight excluding hydrogens is 296 g/mol. The molecule has 3 heteroatoms. The fraction of sp³-hybridized carbons (Fsp3) is 0.381. The molecule has 0 aromatic heterocycles. The van der Waals surface area contributed by atoms with Gasteiger partial charge in [0.05, 0.1) is 0 Å². The van der Waals surface area contributed by atoms with Gasteiger partial charge in [-0.1, -0.05) is 6.07 Å². The summed E-state index contributed by atoms with van der Waals surface area (Å²) in [6.07, 6.45) is 4.72. The summed E-state index contributed by atoms with van der Waals surface area (Å²) < 4.78 is 0. The van der Waals surface area contributed by atoms with Crippen LogP contribution in [0.2, 0.25) is 0 Å². The lowest BCUT2D eigenvalue weighted by Crippen LogP contribution is -2.21. The highest BCUT2D eigenvalue weighted by molar-refractivity contribution is 6.04. The molecule has 0 spiro atoms. The average molecular weight is 322 g/mol. The standard InChI is InChI=1S/C21H26N2O/c1-3-23(4-2)20-13-11-19(12-14-20)22-21(24)18-10-9-16-7-5-6-8-17(16)15-18/h9-15H,3-8H2,1-2H3,(H,22,24). The van der Waals surface area contributed by atoms with E-state index in [0.717, 1.165) is 37.2 Å². The maximum atomic E-state index is 12.5. The topological polar surface area (TPSA) is 32.3 Å². The molecule has 126 valence electrons. The van der Waals surface area contributed by atoms with Gasteiger partial charge in [0, 0.05) is 30.0 Å². The number of hydrogen-bond donors (Lipinski definition) is 1. The van der Waals surface area contributed by atoms with Crippen LogP contribution < -0.4 is 10.2 Å². The average Bonchev–Trinajstić information content (AvgIpc) is 2.63. The van der Waals surface area contributed by atoms with Gasteiger partial charge >= 0.3 is 0 Å². The van der Waals surface area contributed by atoms with E-state index in [1.54, 1.807) is 0 Å². The summed E-state index contributed by atoms with van der Waals surface area (Å²) in [6.45, 7) is 6.26. The molecule has 0 bridgehead atoms. The zero-order valence-corrected chi connectivity index (χ0v) is 14.6. The van der Waals surface area contributed by atoms with Crippen LogP contribution in [0, 0.1) is 0 Å². The van der Waals surface area contributed by atoms with Gasteiger partial charge in [0.25, 0.3) is 5.91 Å². The molecule has 3 rings (SSSR count). The van der Waals surface area contributed by atoms with Crippen LogP contribution in [-0.4, -0.2) is 19.0 Å². The van der Waals surface area contributed by atoms with Gasteiger partial charge in [0.2, 0.25) is 0 Å². The Bertz CT molecular complexity index is 702. The summed E-state index contributed by atoms with van der Waals surface area (Å²) in [5.41, 5.74) is 5.52. The van der Waals surface area contributed by atoms with Crippen LogP contribution in [0.15, 0.2) is 42.5 Å². The van der Waals surface area contributed by atoms with Crippen LogP contribution in [0.1, 0.15) is 48.2 Å². The minimum absolute atomic E-state index is 0.0287. The molecule has 1 N–H and O–H groups in total. The molecule has 0 saturated carbocycles. The van der Waals surface area contributed by atoms with Gasteiger partial charge < -0.3 is 10.2 Å². The summed E-state index contributed by atoms with van der Waals surface area (Å²) in [7, 11) is 0. The molecule has 0 aliphatic heterocycles. The van der Waals surface area contributed by atoms with Crippen molar-refractivity contribution in [3.8, 4) is 0 Å². The maximum Gasteiger partial charge on any atom is 0.255 e. The van der Waals surface area contributed by atoms with Crippen molar-refractivity contribution in [3.05, 3.63) is 59.2 Å². The van der Waals surface area contributed by atoms with Gasteiger partial charge in [-0.05, 0) is 87.1 Å². The van der Waals surface area contributed by atoms with Gasteiger partial charge in [-0.2, -0.15) is 0 Å². The zero-order valence-electron chi connectivity index (χ0n) is 14.6. The maximum absolute atomic E-state index is 12.5. The van der Waals surface area contributed by atoms with Gasteiger partial charge in [-0.25, -0.2) is 0 Å². The molecule has 0 fully saturated rings. The summed E-state index contributed by atoms with van der Waals surface area (Å²) in [5.74, 6) is -0.0287. The quantitative estimate of drug-likeness (QED) is 0.868. The van der Waals surface area contributed by atoms with Gasteiger partial charge in [-0.3, -0.25) is 4.79 Å². The van der Waals surface area contributed by atoms with E-state index in [2.05, 4.69) is 48.3 Å². The molecular formula is C21H26N2O. The van der Waals surface area contributed by atoms with Crippen molar-refractivity contribution in [2.24, 2.45) is 0 Å². The molecule has 0 saturated heterocycles. The van der Waals surface area contributed by atoms with E-state index in [4.69, 9.17) is 0 Å². The fourth-order valence-corrected chi connectivity index (χ4v) is 3.42. The Morgan fingerprint density at radius 1 is 0.958 bits per heavy atom. The second-order valence-corrected chi connectivity index (χ2v) is 6.36. The highest BCUT2D eigenvalue weighted by atomic mass is 16.1. The van der Waals surface area contributed by atoms with Crippen LogP contribution in [0.25, 0.3) is 0 Å². The van der Waals surface area contributed by atoms with E-state index in [0.29, 0.717) is 0 Å². The Kier molecular flexibility index (Phi) is 5.19. The number of anilines is 2. The number of nitrogens with one attached hydrogen (secondary N) is 1. The molecule has 2 aromatic rings. The van der Waals surface area contributed by atoms with Crippen molar-refractivity contribution in [1.29, 1.82) is 0 Å². The third-order valence-electron chi connectivity index (χ3n) is 4.86. The number of nitrogens with zero attached hydrogens (tertiary/aromatic N) is 1. The van der Waals surface area contributed by atoms with Crippen molar-refractivity contribution in [1.82, 2.24) is 0 Å². The highest BCUT2D eigenvalue weighted by Gasteiger charge is 2.13. The third kappa shape index (κ3) is 3.61. The van der Waals surface area contributed by atoms with Crippen molar-refractivity contribution in [2.75, 3.05) is 23.3 Å². The molecule has 3 nitrogen and oxygen atoms in total. The SMILES string of the molecule is CCN(CC)c1ccc(NC(=O)c2ccc3c(c2)CCCC3)cc1. The van der Waals surface area contributed by atoms with Crippen LogP contribution in [-0.2, 0) is 12.8 Å². The van der Waals surface area contributed by atoms with Crippen LogP contribution in [0.5, 0.6) is 0 Å². The lowest BCUT2D eigenvalue weighted by molar-refractivity contribution is 0.102. The van der Waals surface area contributed by atoms with Crippen molar-refractivity contribution < 1.29 is 4.79 Å². The molecule has 0 unspecified atom stereocenters. The summed E-state index contributed by atoms with van der Waals surface area (Å²) >= 11 is 0. The molecule has 0 radical (unpaired) electrons. The van der Waals surface area contributed by atoms with Crippen LogP contribution >= 0.6 is 0 Å². The Hall–Kier alpha value is -2.29. The fourth-order valence-electron chi connectivity index (χ4n) is 3.42. The lowest BCUT2D eigenvalue weighted by Gasteiger charge is -2.21. The number of hydrogen-bond acceptors (Lipinski definition) is 2. The van der Waals surface area contributed by atoms with Crippen LogP contribution in [0.3, 0.4) is 0 Å². The molecule has 2 aromatic carbocycles. The number of fused-ring (bicyclic) bond motifs is 1. The van der Waals surface area contributed by atoms with E-state index >= 15 is 0 Å². The molecule has 1 aliphatic rings. The number of benzene rings is 2. The smallest absolute Gasteiger partial charge is 0.255 e. The Balaban J connectivity index is 1.70. The predicted molar refractivity (Wildman–Crippen MR) is 101 cm³/mol. The van der Waals surface area contributed by atoms with Crippen molar-refractivity contribution in [2.45, 2.75) is 39.5 Å². The summed E-state index contributed by atoms with van der Waals surface area (Å²) in [5, 5.41) is 3.01. The second-order valence-electron chi connectivity index (χ2n) is 6.36. The molecule has 24 heavy (non-hydrogen) atoms. The summed E-state index contributed by atoms with van der Waals surface area (Å²) in [6, 6.07) is 14.2. The van der Waals surface area contributed by atoms with E-state index in [1.807, 2.05) is 18.2 Å². The molecule has 0 heterocycles. The monoisotopic (exact) mass is 322 g/mol. The van der Waals surface area contributed by atoms with Gasteiger partial charge in [0.1, 0.15) is 0 Å². The molecule has 1 aliphatic carbocycles. The minimum atomic E-state index is -0.0287. The Morgan fingerprint density at radius 2 is 1.62 bits per heavy atom. The first kappa shape index (κ1) is 16.6. The highest BCUT2D eigenvalue weighted by Crippen LogP contribution is 2.23. The largest absolute Gasteiger partial charge is 0.372 e. The lowest BCUT2D eigenvalue weighted by atomic mass is 9.90. The number of amides is 1. The normalized spacial score (nSPS) is 13.2. The van der Waals surface area contributed by atoms with E-state index in [1.165, 1.54) is 29.7 Å². The van der Waals surface area contributed by atoms with Crippen LogP contribution in [0.4, 0.5) is 11.4 Å².